The van der Waals surface area contributed by atoms with Gasteiger partial charge in [0.25, 0.3) is 0 Å². The lowest BCUT2D eigenvalue weighted by molar-refractivity contribution is 0.354. The largest absolute Gasteiger partial charge is 0.493 e. The Morgan fingerprint density at radius 1 is 1.10 bits per heavy atom. The van der Waals surface area contributed by atoms with Crippen LogP contribution < -0.4 is 20.0 Å². The second-order valence-electron chi connectivity index (χ2n) is 6.53. The molecule has 3 rings (SSSR count). The first kappa shape index (κ1) is 20.9. The molecule has 0 amide bonds. The first-order valence-electron chi connectivity index (χ1n) is 9.15. The topological polar surface area (TPSA) is 99.8 Å². The van der Waals surface area contributed by atoms with E-state index in [0.717, 1.165) is 5.56 Å². The quantitative estimate of drug-likeness (QED) is 0.601. The van der Waals surface area contributed by atoms with E-state index in [-0.39, 0.29) is 17.0 Å². The van der Waals surface area contributed by atoms with Crippen LogP contribution in [0.25, 0.3) is 11.1 Å². The molecule has 0 aliphatic heterocycles. The first-order valence-corrected chi connectivity index (χ1v) is 10.6. The molecule has 8 nitrogen and oxygen atoms in total. The molecule has 156 valence electrons. The van der Waals surface area contributed by atoms with Crippen molar-refractivity contribution in [3.05, 3.63) is 52.0 Å². The van der Waals surface area contributed by atoms with E-state index in [9.17, 15) is 13.2 Å². The van der Waals surface area contributed by atoms with Crippen LogP contribution in [0.5, 0.6) is 11.5 Å². The van der Waals surface area contributed by atoms with Crippen LogP contribution in [0.4, 0.5) is 0 Å². The van der Waals surface area contributed by atoms with Gasteiger partial charge in [-0.05, 0) is 49.6 Å². The highest BCUT2D eigenvalue weighted by Crippen LogP contribution is 2.28. The zero-order valence-corrected chi connectivity index (χ0v) is 17.6. The van der Waals surface area contributed by atoms with Crippen molar-refractivity contribution in [3.8, 4) is 11.5 Å². The Morgan fingerprint density at radius 3 is 2.48 bits per heavy atom. The molecule has 0 saturated carbocycles. The van der Waals surface area contributed by atoms with Crippen LogP contribution in [0.3, 0.4) is 0 Å². The molecule has 29 heavy (non-hydrogen) atoms. The van der Waals surface area contributed by atoms with Gasteiger partial charge in [-0.15, -0.1) is 0 Å². The number of methoxy groups -OCH3 is 2. The maximum atomic E-state index is 12.8. The van der Waals surface area contributed by atoms with E-state index in [1.54, 1.807) is 33.3 Å². The average molecular weight is 420 g/mol. The predicted octanol–water partition coefficient (Wildman–Crippen LogP) is 2.46. The zero-order valence-electron chi connectivity index (χ0n) is 16.8. The Labute approximate surface area is 169 Å². The Hall–Kier alpha value is -2.78. The number of oxazole rings is 1. The van der Waals surface area contributed by atoms with Crippen molar-refractivity contribution in [2.24, 2.45) is 0 Å². The van der Waals surface area contributed by atoms with Crippen LogP contribution in [-0.2, 0) is 23.0 Å². The van der Waals surface area contributed by atoms with Gasteiger partial charge in [-0.2, -0.15) is 0 Å². The van der Waals surface area contributed by atoms with Crippen LogP contribution in [0, 0.1) is 6.92 Å². The number of rotatable bonds is 8. The third-order valence-corrected chi connectivity index (χ3v) is 6.33. The van der Waals surface area contributed by atoms with Crippen LogP contribution in [0.2, 0.25) is 0 Å². The summed E-state index contributed by atoms with van der Waals surface area (Å²) < 4.78 is 45.3. The Balaban J connectivity index is 1.79. The molecule has 2 aromatic carbocycles. The van der Waals surface area contributed by atoms with Crippen molar-refractivity contribution in [2.45, 2.75) is 31.7 Å². The Kier molecular flexibility index (Phi) is 5.99. The molecule has 1 heterocycles. The minimum absolute atomic E-state index is 0.0920. The van der Waals surface area contributed by atoms with Crippen molar-refractivity contribution < 1.29 is 22.3 Å². The summed E-state index contributed by atoms with van der Waals surface area (Å²) in [7, 11) is -0.662. The van der Waals surface area contributed by atoms with Gasteiger partial charge >= 0.3 is 5.76 Å². The monoisotopic (exact) mass is 420 g/mol. The molecule has 0 bridgehead atoms. The third kappa shape index (κ3) is 4.15. The van der Waals surface area contributed by atoms with Gasteiger partial charge in [0, 0.05) is 19.2 Å². The van der Waals surface area contributed by atoms with Crippen molar-refractivity contribution >= 4 is 21.1 Å². The van der Waals surface area contributed by atoms with Gasteiger partial charge in [0.1, 0.15) is 0 Å². The SMILES string of the molecule is CCn1c(=O)oc2cc(S(=O)(=O)NCCc3ccc(OC)c(OC)c3)c(C)cc21. The third-order valence-electron chi connectivity index (χ3n) is 4.72. The smallest absolute Gasteiger partial charge is 0.419 e. The first-order chi connectivity index (χ1) is 13.8. The summed E-state index contributed by atoms with van der Waals surface area (Å²) in [4.78, 5) is 12.0. The van der Waals surface area contributed by atoms with E-state index in [4.69, 9.17) is 13.9 Å². The molecule has 0 aliphatic carbocycles. The molecule has 3 aromatic rings. The normalized spacial score (nSPS) is 11.7. The predicted molar refractivity (Wildman–Crippen MR) is 109 cm³/mol. The number of aryl methyl sites for hydroxylation is 2. The molecule has 1 aromatic heterocycles. The highest BCUT2D eigenvalue weighted by atomic mass is 32.2. The molecule has 0 fully saturated rings. The fraction of sp³-hybridized carbons (Fsp3) is 0.350. The second-order valence-corrected chi connectivity index (χ2v) is 8.27. The number of nitrogens with zero attached hydrogens (tertiary/aromatic N) is 1. The van der Waals surface area contributed by atoms with E-state index >= 15 is 0 Å². The lowest BCUT2D eigenvalue weighted by atomic mass is 10.1. The number of nitrogens with one attached hydrogen (secondary N) is 1. The second kappa shape index (κ2) is 8.30. The van der Waals surface area contributed by atoms with Gasteiger partial charge in [0.05, 0.1) is 24.6 Å². The fourth-order valence-electron chi connectivity index (χ4n) is 3.23. The van der Waals surface area contributed by atoms with Crippen LogP contribution >= 0.6 is 0 Å². The van der Waals surface area contributed by atoms with E-state index in [1.807, 2.05) is 19.1 Å². The van der Waals surface area contributed by atoms with Gasteiger partial charge < -0.3 is 13.9 Å². The molecule has 1 N–H and O–H groups in total. The van der Waals surface area contributed by atoms with Gasteiger partial charge in [-0.1, -0.05) is 6.07 Å². The highest BCUT2D eigenvalue weighted by molar-refractivity contribution is 7.89. The summed E-state index contributed by atoms with van der Waals surface area (Å²) >= 11 is 0. The maximum absolute atomic E-state index is 12.8. The van der Waals surface area contributed by atoms with Crippen LogP contribution in [0.15, 0.2) is 44.4 Å². The van der Waals surface area contributed by atoms with Crippen LogP contribution in [-0.4, -0.2) is 33.7 Å². The van der Waals surface area contributed by atoms with Crippen molar-refractivity contribution in [2.75, 3.05) is 20.8 Å². The molecule has 0 aliphatic rings. The number of aromatic nitrogens is 1. The van der Waals surface area contributed by atoms with E-state index in [0.29, 0.717) is 35.5 Å². The van der Waals surface area contributed by atoms with Gasteiger partial charge in [0.15, 0.2) is 17.1 Å². The number of fused-ring (bicyclic) bond motifs is 1. The molecule has 0 radical (unpaired) electrons. The summed E-state index contributed by atoms with van der Waals surface area (Å²) in [6.45, 7) is 4.17. The minimum Gasteiger partial charge on any atom is -0.493 e. The highest BCUT2D eigenvalue weighted by Gasteiger charge is 2.20. The molecule has 0 unspecified atom stereocenters. The molecule has 0 spiro atoms. The number of benzene rings is 2. The van der Waals surface area contributed by atoms with Crippen molar-refractivity contribution in [1.82, 2.24) is 9.29 Å². The summed E-state index contributed by atoms with van der Waals surface area (Å²) in [6, 6.07) is 8.51. The lowest BCUT2D eigenvalue weighted by Crippen LogP contribution is -2.26. The number of sulfonamides is 1. The number of hydrogen-bond donors (Lipinski definition) is 1. The summed E-state index contributed by atoms with van der Waals surface area (Å²) in [5.41, 5.74) is 2.28. The average Bonchev–Trinajstić information content (AvgIpc) is 3.00. The number of ether oxygens (including phenoxy) is 2. The van der Waals surface area contributed by atoms with Gasteiger partial charge in [-0.3, -0.25) is 4.57 Å². The standard InChI is InChI=1S/C20H24N2O6S/c1-5-22-15-10-13(2)19(12-17(15)28-20(22)23)29(24,25)21-9-8-14-6-7-16(26-3)18(11-14)27-4/h6-7,10-12,21H,5,8-9H2,1-4H3. The fourth-order valence-corrected chi connectivity index (χ4v) is 4.50. The van der Waals surface area contributed by atoms with E-state index in [1.165, 1.54) is 10.6 Å². The number of hydrogen-bond acceptors (Lipinski definition) is 6. The molecular weight excluding hydrogens is 396 g/mol. The van der Waals surface area contributed by atoms with E-state index in [2.05, 4.69) is 4.72 Å². The van der Waals surface area contributed by atoms with Crippen molar-refractivity contribution in [3.63, 3.8) is 0 Å². The minimum atomic E-state index is -3.77. The summed E-state index contributed by atoms with van der Waals surface area (Å²) in [5, 5.41) is 0. The van der Waals surface area contributed by atoms with Gasteiger partial charge in [-0.25, -0.2) is 17.9 Å². The molecule has 9 heteroatoms. The molecule has 0 saturated heterocycles. The van der Waals surface area contributed by atoms with Gasteiger partial charge in [0.2, 0.25) is 10.0 Å². The molecule has 0 atom stereocenters. The maximum Gasteiger partial charge on any atom is 0.419 e. The van der Waals surface area contributed by atoms with Crippen LogP contribution in [0.1, 0.15) is 18.1 Å². The zero-order chi connectivity index (χ0) is 21.2. The van der Waals surface area contributed by atoms with E-state index < -0.39 is 15.8 Å². The summed E-state index contributed by atoms with van der Waals surface area (Å²) in [5.74, 6) is 0.698. The lowest BCUT2D eigenvalue weighted by Gasteiger charge is -2.11. The Morgan fingerprint density at radius 2 is 1.83 bits per heavy atom. The Bertz CT molecular complexity index is 1190. The molecular formula is C20H24N2O6S. The van der Waals surface area contributed by atoms with Crippen molar-refractivity contribution in [1.29, 1.82) is 0 Å². The summed E-state index contributed by atoms with van der Waals surface area (Å²) in [6.07, 6.45) is 0.474.